The molecule has 1 unspecified atom stereocenters. The van der Waals surface area contributed by atoms with Gasteiger partial charge in [-0.25, -0.2) is 0 Å². The van der Waals surface area contributed by atoms with E-state index in [9.17, 15) is 9.59 Å². The van der Waals surface area contributed by atoms with Crippen LogP contribution in [0.15, 0.2) is 70.1 Å². The monoisotopic (exact) mass is 437 g/mol. The number of aryl methyl sites for hydroxylation is 1. The first-order valence-corrected chi connectivity index (χ1v) is 10.9. The smallest absolute Gasteiger partial charge is 0.243 e. The van der Waals surface area contributed by atoms with Gasteiger partial charge in [-0.3, -0.25) is 9.59 Å². The normalized spacial score (nSPS) is 12.3. The molecule has 2 amide bonds. The number of benzene rings is 2. The minimum absolute atomic E-state index is 0.0339. The van der Waals surface area contributed by atoms with Crippen LogP contribution in [0.2, 0.25) is 0 Å². The van der Waals surface area contributed by atoms with Crippen molar-refractivity contribution in [3.63, 3.8) is 0 Å². The molecule has 0 aliphatic rings. The molecule has 0 saturated heterocycles. The van der Waals surface area contributed by atoms with E-state index in [2.05, 4.69) is 15.8 Å². The highest BCUT2D eigenvalue weighted by Crippen LogP contribution is 2.37. The van der Waals surface area contributed by atoms with Gasteiger partial charge in [-0.15, -0.1) is 11.8 Å². The zero-order valence-electron chi connectivity index (χ0n) is 18.1. The fourth-order valence-electron chi connectivity index (χ4n) is 2.99. The van der Waals surface area contributed by atoms with Gasteiger partial charge in [0.05, 0.1) is 0 Å². The first kappa shape index (κ1) is 22.6. The molecule has 1 heterocycles. The number of carbonyl (C=O) groups is 2. The number of carbonyl (C=O) groups excluding carboxylic acids is 2. The Morgan fingerprint density at radius 2 is 1.77 bits per heavy atom. The van der Waals surface area contributed by atoms with Crippen LogP contribution in [-0.4, -0.2) is 17.0 Å². The Morgan fingerprint density at radius 1 is 1.03 bits per heavy atom. The van der Waals surface area contributed by atoms with E-state index in [1.165, 1.54) is 11.8 Å². The lowest BCUT2D eigenvalue weighted by atomic mass is 9.92. The van der Waals surface area contributed by atoms with Crippen LogP contribution in [0.5, 0.6) is 0 Å². The summed E-state index contributed by atoms with van der Waals surface area (Å²) in [6.07, 6.45) is 0.427. The van der Waals surface area contributed by atoms with Gasteiger partial charge in [-0.05, 0) is 36.1 Å². The zero-order valence-corrected chi connectivity index (χ0v) is 19.0. The predicted octanol–water partition coefficient (Wildman–Crippen LogP) is 5.83. The molecule has 0 radical (unpaired) electrons. The molecule has 6 nitrogen and oxygen atoms in total. The molecule has 0 bridgehead atoms. The molecule has 2 aromatic carbocycles. The largest absolute Gasteiger partial charge is 0.360 e. The molecule has 2 N–H and O–H groups in total. The Labute approximate surface area is 186 Å². The molecular formula is C24H27N3O3S. The van der Waals surface area contributed by atoms with Crippen molar-refractivity contribution in [1.82, 2.24) is 5.16 Å². The number of nitrogens with one attached hydrogen (secondary N) is 2. The lowest BCUT2D eigenvalue weighted by molar-refractivity contribution is -0.118. The highest BCUT2D eigenvalue weighted by atomic mass is 32.2. The first-order chi connectivity index (χ1) is 14.7. The van der Waals surface area contributed by atoms with Gasteiger partial charge in [0.2, 0.25) is 11.8 Å². The van der Waals surface area contributed by atoms with Crippen molar-refractivity contribution in [2.24, 2.45) is 5.41 Å². The topological polar surface area (TPSA) is 84.2 Å². The minimum atomic E-state index is -0.501. The molecule has 3 rings (SSSR count). The second-order valence-corrected chi connectivity index (χ2v) is 9.71. The summed E-state index contributed by atoms with van der Waals surface area (Å²) >= 11 is 1.41. The maximum Gasteiger partial charge on any atom is 0.243 e. The number of hydrogen-bond donors (Lipinski definition) is 2. The highest BCUT2D eigenvalue weighted by Gasteiger charge is 2.23. The number of aromatic nitrogens is 1. The Bertz CT molecular complexity index is 1040. The van der Waals surface area contributed by atoms with Crippen LogP contribution in [0.3, 0.4) is 0 Å². The van der Waals surface area contributed by atoms with E-state index in [1.807, 2.05) is 75.4 Å². The van der Waals surface area contributed by atoms with Crippen molar-refractivity contribution in [1.29, 1.82) is 0 Å². The molecular weight excluding hydrogens is 410 g/mol. The minimum Gasteiger partial charge on any atom is -0.360 e. The van der Waals surface area contributed by atoms with Crippen molar-refractivity contribution in [3.05, 3.63) is 72.0 Å². The van der Waals surface area contributed by atoms with Gasteiger partial charge in [-0.1, -0.05) is 62.3 Å². The van der Waals surface area contributed by atoms with Crippen molar-refractivity contribution in [2.45, 2.75) is 44.3 Å². The van der Waals surface area contributed by atoms with E-state index in [0.717, 1.165) is 10.5 Å². The second kappa shape index (κ2) is 9.83. The summed E-state index contributed by atoms with van der Waals surface area (Å²) in [5.41, 5.74) is 1.48. The van der Waals surface area contributed by atoms with Crippen LogP contribution in [0, 0.1) is 12.3 Å². The molecule has 0 saturated carbocycles. The summed E-state index contributed by atoms with van der Waals surface area (Å²) in [4.78, 5) is 26.2. The van der Waals surface area contributed by atoms with Crippen LogP contribution in [-0.2, 0) is 9.59 Å². The van der Waals surface area contributed by atoms with E-state index < -0.39 is 5.25 Å². The Hall–Kier alpha value is -3.06. The maximum absolute atomic E-state index is 13.1. The maximum atomic E-state index is 13.1. The Balaban J connectivity index is 1.78. The Morgan fingerprint density at radius 3 is 2.42 bits per heavy atom. The number of anilines is 2. The summed E-state index contributed by atoms with van der Waals surface area (Å²) in [6, 6.07) is 18.8. The quantitative estimate of drug-likeness (QED) is 0.454. The number of thioether (sulfide) groups is 1. The van der Waals surface area contributed by atoms with E-state index >= 15 is 0 Å². The van der Waals surface area contributed by atoms with Crippen LogP contribution >= 0.6 is 11.8 Å². The average molecular weight is 438 g/mol. The summed E-state index contributed by atoms with van der Waals surface area (Å²) in [7, 11) is 0. The number of nitrogens with zero attached hydrogens (tertiary/aromatic N) is 1. The third-order valence-corrected chi connectivity index (χ3v) is 5.53. The fraction of sp³-hybridized carbons (Fsp3) is 0.292. The van der Waals surface area contributed by atoms with Crippen LogP contribution in [0.25, 0.3) is 0 Å². The van der Waals surface area contributed by atoms with E-state index in [-0.39, 0.29) is 17.2 Å². The number of amides is 2. The summed E-state index contributed by atoms with van der Waals surface area (Å²) in [5.74, 6) is 0.769. The van der Waals surface area contributed by atoms with E-state index in [1.54, 1.807) is 13.0 Å². The zero-order chi connectivity index (χ0) is 22.4. The van der Waals surface area contributed by atoms with Gasteiger partial charge in [0, 0.05) is 23.1 Å². The molecule has 162 valence electrons. The second-order valence-electron chi connectivity index (χ2n) is 8.53. The fourth-order valence-corrected chi connectivity index (χ4v) is 4.07. The SMILES string of the molecule is Cc1cc(NC(=O)C(Sc2cccc(NC(=O)CC(C)(C)C)c2)c2ccccc2)no1. The lowest BCUT2D eigenvalue weighted by Crippen LogP contribution is -2.20. The average Bonchev–Trinajstić information content (AvgIpc) is 3.10. The Kier molecular flexibility index (Phi) is 7.17. The molecule has 31 heavy (non-hydrogen) atoms. The molecule has 3 aromatic rings. The first-order valence-electron chi connectivity index (χ1n) is 10.1. The van der Waals surface area contributed by atoms with E-state index in [0.29, 0.717) is 23.7 Å². The third-order valence-electron chi connectivity index (χ3n) is 4.28. The predicted molar refractivity (Wildman–Crippen MR) is 124 cm³/mol. The summed E-state index contributed by atoms with van der Waals surface area (Å²) in [6.45, 7) is 7.85. The van der Waals surface area contributed by atoms with E-state index in [4.69, 9.17) is 4.52 Å². The third kappa shape index (κ3) is 7.00. The van der Waals surface area contributed by atoms with Crippen LogP contribution in [0.4, 0.5) is 11.5 Å². The summed E-state index contributed by atoms with van der Waals surface area (Å²) < 4.78 is 5.04. The lowest BCUT2D eigenvalue weighted by Gasteiger charge is -2.18. The molecule has 0 aliphatic heterocycles. The van der Waals surface area contributed by atoms with Crippen molar-refractivity contribution in [3.8, 4) is 0 Å². The number of rotatable bonds is 7. The van der Waals surface area contributed by atoms with Gasteiger partial charge in [0.15, 0.2) is 5.82 Å². The van der Waals surface area contributed by atoms with Gasteiger partial charge in [0.25, 0.3) is 0 Å². The molecule has 7 heteroatoms. The van der Waals surface area contributed by atoms with Gasteiger partial charge in [0.1, 0.15) is 11.0 Å². The summed E-state index contributed by atoms with van der Waals surface area (Å²) in [5, 5.41) is 9.12. The van der Waals surface area contributed by atoms with Gasteiger partial charge in [-0.2, -0.15) is 0 Å². The number of hydrogen-bond acceptors (Lipinski definition) is 5. The van der Waals surface area contributed by atoms with Crippen molar-refractivity contribution >= 4 is 35.1 Å². The van der Waals surface area contributed by atoms with Gasteiger partial charge >= 0.3 is 0 Å². The molecule has 0 fully saturated rings. The molecule has 1 aromatic heterocycles. The van der Waals surface area contributed by atoms with Crippen LogP contribution < -0.4 is 10.6 Å². The highest BCUT2D eigenvalue weighted by molar-refractivity contribution is 8.00. The van der Waals surface area contributed by atoms with Crippen molar-refractivity contribution < 1.29 is 14.1 Å². The molecule has 1 atom stereocenters. The molecule has 0 spiro atoms. The standard InChI is InChI=1S/C24H27N3O3S/c1-16-13-20(27-30-16)26-23(29)22(17-9-6-5-7-10-17)31-19-12-8-11-18(14-19)25-21(28)15-24(2,3)4/h5-14,22H,15H2,1-4H3,(H,25,28)(H,26,27,29). The van der Waals surface area contributed by atoms with Crippen molar-refractivity contribution in [2.75, 3.05) is 10.6 Å². The van der Waals surface area contributed by atoms with Crippen LogP contribution in [0.1, 0.15) is 43.8 Å². The molecule has 0 aliphatic carbocycles. The van der Waals surface area contributed by atoms with Gasteiger partial charge < -0.3 is 15.2 Å².